The molecule has 0 aliphatic rings. The third-order valence-corrected chi connectivity index (χ3v) is 8.09. The predicted molar refractivity (Wildman–Crippen MR) is 160 cm³/mol. The average Bonchev–Trinajstić information content (AvgIpc) is 3.76. The number of H-pyrrole nitrogens is 2. The third-order valence-electron chi connectivity index (χ3n) is 6.87. The Bertz CT molecular complexity index is 2020. The van der Waals surface area contributed by atoms with Crippen LogP contribution in [0, 0.1) is 0 Å². The predicted octanol–water partition coefficient (Wildman–Crippen LogP) is 6.18. The van der Waals surface area contributed by atoms with Crippen LogP contribution in [0.25, 0.3) is 55.3 Å². The van der Waals surface area contributed by atoms with Gasteiger partial charge in [-0.05, 0) is 48.4 Å². The van der Waals surface area contributed by atoms with Crippen LogP contribution in [0.3, 0.4) is 0 Å². The van der Waals surface area contributed by atoms with E-state index in [1.165, 1.54) is 16.9 Å². The normalized spacial score (nSPS) is 11.4. The van der Waals surface area contributed by atoms with E-state index in [0.717, 1.165) is 44.6 Å². The molecule has 6 heterocycles. The number of pyridine rings is 3. The first kappa shape index (κ1) is 24.9. The summed E-state index contributed by atoms with van der Waals surface area (Å²) in [7, 11) is 0. The summed E-state index contributed by atoms with van der Waals surface area (Å²) in [6.45, 7) is 3.06. The third kappa shape index (κ3) is 4.90. The van der Waals surface area contributed by atoms with E-state index in [9.17, 15) is 4.79 Å². The molecule has 10 heteroatoms. The molecule has 0 saturated heterocycles. The summed E-state index contributed by atoms with van der Waals surface area (Å²) in [6, 6.07) is 20.2. The SMILES string of the molecule is CC(=O)c1ccc(-c2ccnc3[nH]c(-c4n[nH]c5ncc(-c6cncc(CNCc7ccccc7)c6)cc45)nc23)s1. The quantitative estimate of drug-likeness (QED) is 0.191. The number of nitrogens with zero attached hydrogens (tertiary/aromatic N) is 5. The zero-order chi connectivity index (χ0) is 27.8. The Hall–Kier alpha value is -5.06. The fraction of sp³-hybridized carbons (Fsp3) is 0.0968. The van der Waals surface area contributed by atoms with E-state index < -0.39 is 0 Å². The standard InChI is InChI=1S/C31H24N8OS/c1-18(40)25-7-8-26(41-25)23-9-10-34-30-27(23)36-31(37-30)28-24-12-22(17-35-29(24)39-38-28)21-11-20(15-33-16-21)14-32-13-19-5-3-2-4-6-19/h2-12,15-17,32H,13-14H2,1H3,(H,34,36,37)(H,35,38,39). The molecule has 41 heavy (non-hydrogen) atoms. The molecule has 7 aromatic rings. The Labute approximate surface area is 238 Å². The summed E-state index contributed by atoms with van der Waals surface area (Å²) < 4.78 is 0. The molecule has 0 bridgehead atoms. The van der Waals surface area contributed by atoms with Gasteiger partial charge in [0.25, 0.3) is 0 Å². The first-order chi connectivity index (χ1) is 20.1. The Balaban J connectivity index is 1.19. The van der Waals surface area contributed by atoms with Gasteiger partial charge in [-0.3, -0.25) is 14.9 Å². The fourth-order valence-electron chi connectivity index (χ4n) is 4.82. The number of hydrogen-bond donors (Lipinski definition) is 3. The van der Waals surface area contributed by atoms with Crippen LogP contribution in [-0.2, 0) is 13.1 Å². The number of aromatic amines is 2. The number of hydrogen-bond acceptors (Lipinski definition) is 8. The van der Waals surface area contributed by atoms with Crippen LogP contribution in [0.2, 0.25) is 0 Å². The van der Waals surface area contributed by atoms with Crippen molar-refractivity contribution >= 4 is 39.3 Å². The number of carbonyl (C=O) groups is 1. The van der Waals surface area contributed by atoms with Crippen LogP contribution in [-0.4, -0.2) is 40.9 Å². The molecule has 6 aromatic heterocycles. The number of nitrogens with one attached hydrogen (secondary N) is 3. The van der Waals surface area contributed by atoms with E-state index >= 15 is 0 Å². The number of Topliss-reactive ketones (excluding diaryl/α,β-unsaturated/α-hetero) is 1. The molecular formula is C31H24N8OS. The van der Waals surface area contributed by atoms with E-state index in [2.05, 4.69) is 59.7 Å². The van der Waals surface area contributed by atoms with Crippen molar-refractivity contribution in [3.63, 3.8) is 0 Å². The van der Waals surface area contributed by atoms with Crippen molar-refractivity contribution in [2.24, 2.45) is 0 Å². The number of thiophene rings is 1. The lowest BCUT2D eigenvalue weighted by Gasteiger charge is -2.07. The number of imidazole rings is 1. The Morgan fingerprint density at radius 2 is 1.76 bits per heavy atom. The average molecular weight is 557 g/mol. The van der Waals surface area contributed by atoms with Crippen molar-refractivity contribution in [3.05, 3.63) is 101 Å². The number of rotatable bonds is 8. The maximum Gasteiger partial charge on any atom is 0.169 e. The molecule has 1 aromatic carbocycles. The molecular weight excluding hydrogens is 532 g/mol. The second-order valence-electron chi connectivity index (χ2n) is 9.72. The molecule has 3 N–H and O–H groups in total. The second kappa shape index (κ2) is 10.5. The van der Waals surface area contributed by atoms with E-state index in [1.54, 1.807) is 13.1 Å². The maximum atomic E-state index is 11.8. The van der Waals surface area contributed by atoms with Crippen LogP contribution in [0.1, 0.15) is 27.7 Å². The summed E-state index contributed by atoms with van der Waals surface area (Å²) in [5, 5.41) is 11.9. The number of carbonyl (C=O) groups excluding carboxylic acids is 1. The highest BCUT2D eigenvalue weighted by Gasteiger charge is 2.18. The molecule has 0 spiro atoms. The molecule has 200 valence electrons. The van der Waals surface area contributed by atoms with Crippen molar-refractivity contribution in [1.29, 1.82) is 0 Å². The van der Waals surface area contributed by atoms with Crippen LogP contribution in [0.5, 0.6) is 0 Å². The van der Waals surface area contributed by atoms with E-state index in [-0.39, 0.29) is 5.78 Å². The van der Waals surface area contributed by atoms with Crippen molar-refractivity contribution < 1.29 is 4.79 Å². The van der Waals surface area contributed by atoms with Gasteiger partial charge in [-0.25, -0.2) is 15.0 Å². The Morgan fingerprint density at radius 1 is 0.902 bits per heavy atom. The minimum Gasteiger partial charge on any atom is -0.321 e. The molecule has 0 saturated carbocycles. The number of fused-ring (bicyclic) bond motifs is 2. The fourth-order valence-corrected chi connectivity index (χ4v) is 5.75. The first-order valence-electron chi connectivity index (χ1n) is 13.1. The summed E-state index contributed by atoms with van der Waals surface area (Å²) >= 11 is 1.45. The van der Waals surface area contributed by atoms with Crippen LogP contribution >= 0.6 is 11.3 Å². The second-order valence-corrected chi connectivity index (χ2v) is 10.8. The highest BCUT2D eigenvalue weighted by atomic mass is 32.1. The Morgan fingerprint density at radius 3 is 2.61 bits per heavy atom. The van der Waals surface area contributed by atoms with E-state index in [1.807, 2.05) is 55.0 Å². The summed E-state index contributed by atoms with van der Waals surface area (Å²) in [4.78, 5) is 35.3. The van der Waals surface area contributed by atoms with Gasteiger partial charge in [-0.2, -0.15) is 5.10 Å². The maximum absolute atomic E-state index is 11.8. The Kier molecular flexibility index (Phi) is 6.38. The largest absolute Gasteiger partial charge is 0.321 e. The van der Waals surface area contributed by atoms with Gasteiger partial charge in [0.1, 0.15) is 11.2 Å². The highest BCUT2D eigenvalue weighted by molar-refractivity contribution is 7.17. The van der Waals surface area contributed by atoms with Gasteiger partial charge in [0.2, 0.25) is 0 Å². The molecule has 0 atom stereocenters. The number of benzene rings is 1. The van der Waals surface area contributed by atoms with Crippen LogP contribution < -0.4 is 5.32 Å². The van der Waals surface area contributed by atoms with Gasteiger partial charge in [0.05, 0.1) is 10.3 Å². The van der Waals surface area contributed by atoms with Gasteiger partial charge >= 0.3 is 0 Å². The molecule has 0 aliphatic heterocycles. The highest BCUT2D eigenvalue weighted by Crippen LogP contribution is 2.34. The van der Waals surface area contributed by atoms with Gasteiger partial charge < -0.3 is 10.3 Å². The minimum atomic E-state index is 0.0461. The molecule has 9 nitrogen and oxygen atoms in total. The first-order valence-corrected chi connectivity index (χ1v) is 13.9. The molecule has 7 rings (SSSR count). The lowest BCUT2D eigenvalue weighted by atomic mass is 10.1. The molecule has 0 amide bonds. The van der Waals surface area contributed by atoms with Crippen molar-refractivity contribution in [2.45, 2.75) is 20.0 Å². The smallest absolute Gasteiger partial charge is 0.169 e. The number of ketones is 1. The number of aromatic nitrogens is 7. The topological polar surface area (TPSA) is 125 Å². The van der Waals surface area contributed by atoms with Gasteiger partial charge in [0.15, 0.2) is 22.9 Å². The molecule has 0 aliphatic carbocycles. The molecule has 0 unspecified atom stereocenters. The summed E-state index contributed by atoms with van der Waals surface area (Å²) in [6.07, 6.45) is 7.29. The zero-order valence-electron chi connectivity index (χ0n) is 22.0. The summed E-state index contributed by atoms with van der Waals surface area (Å²) in [5.74, 6) is 0.634. The van der Waals surface area contributed by atoms with Crippen LogP contribution in [0.4, 0.5) is 0 Å². The van der Waals surface area contributed by atoms with E-state index in [4.69, 9.17) is 4.98 Å². The molecule has 0 fully saturated rings. The lowest BCUT2D eigenvalue weighted by Crippen LogP contribution is -2.12. The lowest BCUT2D eigenvalue weighted by molar-refractivity contribution is 0.102. The van der Waals surface area contributed by atoms with Crippen LogP contribution in [0.15, 0.2) is 85.5 Å². The van der Waals surface area contributed by atoms with E-state index in [0.29, 0.717) is 34.2 Å². The van der Waals surface area contributed by atoms with Crippen molar-refractivity contribution in [1.82, 2.24) is 40.4 Å². The monoisotopic (exact) mass is 556 g/mol. The van der Waals surface area contributed by atoms with Gasteiger partial charge in [-0.15, -0.1) is 11.3 Å². The summed E-state index contributed by atoms with van der Waals surface area (Å²) in [5.41, 5.74) is 7.83. The zero-order valence-corrected chi connectivity index (χ0v) is 22.9. The van der Waals surface area contributed by atoms with Crippen molar-refractivity contribution in [2.75, 3.05) is 0 Å². The van der Waals surface area contributed by atoms with Gasteiger partial charge in [-0.1, -0.05) is 30.3 Å². The molecule has 0 radical (unpaired) electrons. The minimum absolute atomic E-state index is 0.0461. The van der Waals surface area contributed by atoms with Crippen molar-refractivity contribution in [3.8, 4) is 33.1 Å². The van der Waals surface area contributed by atoms with Gasteiger partial charge in [0, 0.05) is 59.4 Å².